The van der Waals surface area contributed by atoms with Crippen molar-refractivity contribution < 1.29 is 9.47 Å². The maximum Gasteiger partial charge on any atom is 0.133 e. The van der Waals surface area contributed by atoms with Gasteiger partial charge in [0.25, 0.3) is 0 Å². The van der Waals surface area contributed by atoms with Gasteiger partial charge < -0.3 is 9.47 Å². The van der Waals surface area contributed by atoms with E-state index in [0.717, 1.165) is 42.5 Å². The molecule has 4 nitrogen and oxygen atoms in total. The number of nitrogens with zero attached hydrogens (tertiary/aromatic N) is 2. The van der Waals surface area contributed by atoms with E-state index < -0.39 is 0 Å². The number of ether oxygens (including phenoxy) is 2. The van der Waals surface area contributed by atoms with Crippen LogP contribution < -0.4 is 9.47 Å². The molecule has 0 spiro atoms. The number of rotatable bonds is 5. The summed E-state index contributed by atoms with van der Waals surface area (Å²) in [5, 5.41) is 4.11. The Labute approximate surface area is 145 Å². The van der Waals surface area contributed by atoms with Crippen LogP contribution in [0.5, 0.6) is 11.5 Å². The standard InChI is InChI=1S/C15H13BrN2O2S2/c1-19-12-6-11(16)13(20-2)5-9(12)7-22-15-10-3-4-21-14(10)17-8-18-15/h3-6,8H,7H2,1-2H3. The molecule has 1 aromatic carbocycles. The highest BCUT2D eigenvalue weighted by atomic mass is 79.9. The molecule has 114 valence electrons. The van der Waals surface area contributed by atoms with Gasteiger partial charge in [0.05, 0.1) is 18.7 Å². The van der Waals surface area contributed by atoms with Crippen molar-refractivity contribution in [3.05, 3.63) is 39.9 Å². The first-order valence-electron chi connectivity index (χ1n) is 6.44. The summed E-state index contributed by atoms with van der Waals surface area (Å²) in [6.07, 6.45) is 1.61. The minimum absolute atomic E-state index is 0.745. The lowest BCUT2D eigenvalue weighted by atomic mass is 10.2. The van der Waals surface area contributed by atoms with Crippen LogP contribution in [0.15, 0.2) is 39.4 Å². The van der Waals surface area contributed by atoms with E-state index in [9.17, 15) is 0 Å². The normalized spacial score (nSPS) is 10.9. The lowest BCUT2D eigenvalue weighted by Gasteiger charge is -2.12. The van der Waals surface area contributed by atoms with Crippen LogP contribution >= 0.6 is 39.0 Å². The molecular formula is C15H13BrN2O2S2. The maximum absolute atomic E-state index is 5.46. The molecule has 22 heavy (non-hydrogen) atoms. The Kier molecular flexibility index (Phi) is 4.85. The number of benzene rings is 1. The predicted octanol–water partition coefficient (Wildman–Crippen LogP) is 4.76. The molecule has 0 bridgehead atoms. The average Bonchev–Trinajstić information content (AvgIpc) is 3.02. The van der Waals surface area contributed by atoms with Gasteiger partial charge >= 0.3 is 0 Å². The Bertz CT molecular complexity index is 807. The second-order valence-corrected chi connectivity index (χ2v) is 7.12. The van der Waals surface area contributed by atoms with E-state index in [1.165, 1.54) is 0 Å². The van der Waals surface area contributed by atoms with Crippen molar-refractivity contribution in [2.45, 2.75) is 10.8 Å². The summed E-state index contributed by atoms with van der Waals surface area (Å²) in [6.45, 7) is 0. The fourth-order valence-corrected chi connectivity index (χ4v) is 4.31. The maximum atomic E-state index is 5.46. The van der Waals surface area contributed by atoms with E-state index in [4.69, 9.17) is 9.47 Å². The second kappa shape index (κ2) is 6.85. The Balaban J connectivity index is 1.88. The summed E-state index contributed by atoms with van der Waals surface area (Å²) in [5.41, 5.74) is 1.06. The molecule has 3 aromatic rings. The summed E-state index contributed by atoms with van der Waals surface area (Å²) in [5.74, 6) is 2.37. The van der Waals surface area contributed by atoms with Crippen LogP contribution in [0, 0.1) is 0 Å². The van der Waals surface area contributed by atoms with Crippen LogP contribution in [0.3, 0.4) is 0 Å². The van der Waals surface area contributed by atoms with Crippen LogP contribution in [0.1, 0.15) is 5.56 Å². The molecule has 7 heteroatoms. The summed E-state index contributed by atoms with van der Waals surface area (Å²) >= 11 is 6.77. The van der Waals surface area contributed by atoms with Gasteiger partial charge in [0, 0.05) is 16.7 Å². The summed E-state index contributed by atoms with van der Waals surface area (Å²) in [4.78, 5) is 9.67. The third-order valence-corrected chi connectivity index (χ3v) is 5.64. The van der Waals surface area contributed by atoms with Gasteiger partial charge in [0.1, 0.15) is 27.7 Å². The molecule has 0 saturated heterocycles. The van der Waals surface area contributed by atoms with Gasteiger partial charge in [-0.05, 0) is 39.5 Å². The van der Waals surface area contributed by atoms with Crippen molar-refractivity contribution in [1.29, 1.82) is 0 Å². The van der Waals surface area contributed by atoms with Gasteiger partial charge in [-0.25, -0.2) is 9.97 Å². The van der Waals surface area contributed by atoms with Crippen molar-refractivity contribution in [2.24, 2.45) is 0 Å². The lowest BCUT2D eigenvalue weighted by molar-refractivity contribution is 0.398. The second-order valence-electron chi connectivity index (χ2n) is 4.41. The molecule has 0 saturated carbocycles. The third-order valence-electron chi connectivity index (χ3n) is 3.14. The summed E-state index contributed by atoms with van der Waals surface area (Å²) in [6, 6.07) is 5.97. The average molecular weight is 397 g/mol. The van der Waals surface area contributed by atoms with Gasteiger partial charge in [-0.3, -0.25) is 0 Å². The highest BCUT2D eigenvalue weighted by Crippen LogP contribution is 2.37. The fourth-order valence-electron chi connectivity index (χ4n) is 2.06. The third kappa shape index (κ3) is 3.06. The minimum atomic E-state index is 0.745. The Morgan fingerprint density at radius 2 is 2.00 bits per heavy atom. The van der Waals surface area contributed by atoms with E-state index in [2.05, 4.69) is 32.0 Å². The zero-order chi connectivity index (χ0) is 15.5. The van der Waals surface area contributed by atoms with E-state index in [1.807, 2.05) is 17.5 Å². The molecule has 2 aromatic heterocycles. The lowest BCUT2D eigenvalue weighted by Crippen LogP contribution is -1.94. The number of thiophene rings is 1. The van der Waals surface area contributed by atoms with Crippen LogP contribution in [0.25, 0.3) is 10.2 Å². The van der Waals surface area contributed by atoms with Gasteiger partial charge in [0.15, 0.2) is 0 Å². The number of aromatic nitrogens is 2. The number of thioether (sulfide) groups is 1. The molecule has 0 radical (unpaired) electrons. The topological polar surface area (TPSA) is 44.2 Å². The van der Waals surface area contributed by atoms with Crippen LogP contribution in [-0.4, -0.2) is 24.2 Å². The van der Waals surface area contributed by atoms with Gasteiger partial charge in [-0.1, -0.05) is 0 Å². The number of fused-ring (bicyclic) bond motifs is 1. The van der Waals surface area contributed by atoms with Crippen LogP contribution in [0.4, 0.5) is 0 Å². The smallest absolute Gasteiger partial charge is 0.133 e. The van der Waals surface area contributed by atoms with E-state index in [0.29, 0.717) is 0 Å². The Morgan fingerprint density at radius 1 is 1.18 bits per heavy atom. The zero-order valence-corrected chi connectivity index (χ0v) is 15.2. The molecule has 3 rings (SSSR count). The first-order valence-corrected chi connectivity index (χ1v) is 9.10. The molecular weight excluding hydrogens is 384 g/mol. The molecule has 0 amide bonds. The highest BCUT2D eigenvalue weighted by Gasteiger charge is 2.12. The number of hydrogen-bond donors (Lipinski definition) is 0. The van der Waals surface area contributed by atoms with Gasteiger partial charge in [0.2, 0.25) is 0 Å². The number of halogens is 1. The van der Waals surface area contributed by atoms with Crippen molar-refractivity contribution in [1.82, 2.24) is 9.97 Å². The van der Waals surface area contributed by atoms with Gasteiger partial charge in [-0.15, -0.1) is 23.1 Å². The Morgan fingerprint density at radius 3 is 2.77 bits per heavy atom. The molecule has 0 unspecified atom stereocenters. The van der Waals surface area contributed by atoms with Gasteiger partial charge in [-0.2, -0.15) is 0 Å². The summed E-state index contributed by atoms with van der Waals surface area (Å²) in [7, 11) is 3.33. The molecule has 0 fully saturated rings. The van der Waals surface area contributed by atoms with Crippen molar-refractivity contribution in [3.8, 4) is 11.5 Å². The van der Waals surface area contributed by atoms with Crippen molar-refractivity contribution in [2.75, 3.05) is 14.2 Å². The fraction of sp³-hybridized carbons (Fsp3) is 0.200. The van der Waals surface area contributed by atoms with Crippen LogP contribution in [-0.2, 0) is 5.75 Å². The SMILES string of the molecule is COc1cc(CSc2ncnc3sccc23)c(OC)cc1Br. The quantitative estimate of drug-likeness (QED) is 0.459. The largest absolute Gasteiger partial charge is 0.496 e. The predicted molar refractivity (Wildman–Crippen MR) is 94.2 cm³/mol. The summed E-state index contributed by atoms with van der Waals surface area (Å²) < 4.78 is 11.7. The van der Waals surface area contributed by atoms with E-state index in [1.54, 1.807) is 43.6 Å². The van der Waals surface area contributed by atoms with Crippen molar-refractivity contribution in [3.63, 3.8) is 0 Å². The molecule has 0 atom stereocenters. The van der Waals surface area contributed by atoms with E-state index >= 15 is 0 Å². The first-order chi connectivity index (χ1) is 10.7. The minimum Gasteiger partial charge on any atom is -0.496 e. The molecule has 0 N–H and O–H groups in total. The van der Waals surface area contributed by atoms with Crippen molar-refractivity contribution >= 4 is 49.2 Å². The number of hydrogen-bond acceptors (Lipinski definition) is 6. The molecule has 0 aliphatic carbocycles. The molecule has 2 heterocycles. The zero-order valence-electron chi connectivity index (χ0n) is 12.0. The first kappa shape index (κ1) is 15.6. The van der Waals surface area contributed by atoms with Crippen LogP contribution in [0.2, 0.25) is 0 Å². The highest BCUT2D eigenvalue weighted by molar-refractivity contribution is 9.10. The molecule has 0 aliphatic heterocycles. The Hall–Kier alpha value is -1.31. The number of methoxy groups -OCH3 is 2. The molecule has 0 aliphatic rings. The monoisotopic (exact) mass is 396 g/mol. The van der Waals surface area contributed by atoms with E-state index in [-0.39, 0.29) is 0 Å².